The smallest absolute Gasteiger partial charge is 0.323 e. The third-order valence-corrected chi connectivity index (χ3v) is 2.35. The summed E-state index contributed by atoms with van der Waals surface area (Å²) in [6.45, 7) is -1.72. The summed E-state index contributed by atoms with van der Waals surface area (Å²) in [6.07, 6.45) is 0. The number of halogens is 1. The molecule has 20 heavy (non-hydrogen) atoms. The number of benzene rings is 1. The van der Waals surface area contributed by atoms with E-state index in [1.807, 2.05) is 0 Å². The molecule has 1 aromatic carbocycles. The van der Waals surface area contributed by atoms with Crippen LogP contribution in [0.5, 0.6) is 5.75 Å². The lowest BCUT2D eigenvalue weighted by atomic mass is 10.1. The van der Waals surface area contributed by atoms with Gasteiger partial charge in [-0.25, -0.2) is 4.39 Å². The van der Waals surface area contributed by atoms with Gasteiger partial charge in [-0.2, -0.15) is 0 Å². The molecule has 2 N–H and O–H groups in total. The van der Waals surface area contributed by atoms with Crippen molar-refractivity contribution in [3.05, 3.63) is 29.6 Å². The largest absolute Gasteiger partial charge is 0.496 e. The Morgan fingerprint density at radius 3 is 2.20 bits per heavy atom. The molecule has 8 heteroatoms. The van der Waals surface area contributed by atoms with Crippen molar-refractivity contribution >= 4 is 17.8 Å². The normalized spacial score (nSPS) is 9.90. The van der Waals surface area contributed by atoms with Crippen molar-refractivity contribution in [2.45, 2.75) is 0 Å². The van der Waals surface area contributed by atoms with Gasteiger partial charge in [0.15, 0.2) is 0 Å². The minimum absolute atomic E-state index is 0.101. The first kappa shape index (κ1) is 15.4. The lowest BCUT2D eigenvalue weighted by Gasteiger charge is -2.20. The number of ether oxygens (including phenoxy) is 1. The van der Waals surface area contributed by atoms with E-state index in [1.54, 1.807) is 0 Å². The van der Waals surface area contributed by atoms with Gasteiger partial charge in [0.2, 0.25) is 0 Å². The van der Waals surface area contributed by atoms with Crippen LogP contribution in [-0.2, 0) is 9.59 Å². The van der Waals surface area contributed by atoms with Gasteiger partial charge in [0.25, 0.3) is 5.91 Å². The zero-order valence-electron chi connectivity index (χ0n) is 10.5. The molecule has 0 aliphatic rings. The molecule has 1 amide bonds. The van der Waals surface area contributed by atoms with E-state index in [1.165, 1.54) is 19.2 Å². The second-order valence-corrected chi connectivity index (χ2v) is 3.77. The summed E-state index contributed by atoms with van der Waals surface area (Å²) in [5.41, 5.74) is -0.502. The Hall–Kier alpha value is -2.64. The molecule has 0 spiro atoms. The minimum Gasteiger partial charge on any atom is -0.496 e. The van der Waals surface area contributed by atoms with Crippen LogP contribution in [0.15, 0.2) is 18.2 Å². The quantitative estimate of drug-likeness (QED) is 0.786. The molecule has 0 bridgehead atoms. The maximum absolute atomic E-state index is 13.7. The minimum atomic E-state index is -1.41. The fourth-order valence-electron chi connectivity index (χ4n) is 1.57. The van der Waals surface area contributed by atoms with Gasteiger partial charge in [0, 0.05) is 0 Å². The van der Waals surface area contributed by atoms with E-state index in [9.17, 15) is 18.8 Å². The molecule has 0 aliphatic carbocycles. The zero-order chi connectivity index (χ0) is 15.3. The van der Waals surface area contributed by atoms with Crippen LogP contribution in [0.25, 0.3) is 0 Å². The van der Waals surface area contributed by atoms with E-state index in [-0.39, 0.29) is 5.75 Å². The highest BCUT2D eigenvalue weighted by atomic mass is 19.1. The Morgan fingerprint density at radius 1 is 1.20 bits per heavy atom. The molecular weight excluding hydrogens is 273 g/mol. The third-order valence-electron chi connectivity index (χ3n) is 2.35. The van der Waals surface area contributed by atoms with E-state index >= 15 is 0 Å². The van der Waals surface area contributed by atoms with Gasteiger partial charge in [-0.3, -0.25) is 14.4 Å². The third kappa shape index (κ3) is 3.67. The van der Waals surface area contributed by atoms with Crippen molar-refractivity contribution in [3.8, 4) is 5.75 Å². The fraction of sp³-hybridized carbons (Fsp3) is 0.250. The average Bonchev–Trinajstić information content (AvgIpc) is 2.35. The van der Waals surface area contributed by atoms with Gasteiger partial charge < -0.3 is 19.8 Å². The summed E-state index contributed by atoms with van der Waals surface area (Å²) in [4.78, 5) is 33.9. The second kappa shape index (κ2) is 6.50. The molecule has 0 saturated carbocycles. The number of carbonyl (C=O) groups excluding carboxylic acids is 1. The zero-order valence-corrected chi connectivity index (χ0v) is 10.5. The summed E-state index contributed by atoms with van der Waals surface area (Å²) < 4.78 is 18.5. The number of nitrogens with zero attached hydrogens (tertiary/aromatic N) is 1. The van der Waals surface area contributed by atoms with Crippen molar-refractivity contribution in [2.24, 2.45) is 0 Å². The molecule has 0 radical (unpaired) electrons. The second-order valence-electron chi connectivity index (χ2n) is 3.77. The van der Waals surface area contributed by atoms with Crippen molar-refractivity contribution in [1.29, 1.82) is 0 Å². The van der Waals surface area contributed by atoms with Crippen molar-refractivity contribution in [3.63, 3.8) is 0 Å². The molecule has 0 unspecified atom stereocenters. The van der Waals surface area contributed by atoms with Crippen LogP contribution < -0.4 is 4.74 Å². The topological polar surface area (TPSA) is 104 Å². The molecule has 0 saturated heterocycles. The molecule has 0 aromatic heterocycles. The van der Waals surface area contributed by atoms with Crippen LogP contribution in [0.3, 0.4) is 0 Å². The number of carbonyl (C=O) groups is 3. The Balaban J connectivity index is 3.17. The Bertz CT molecular complexity index is 529. The standard InChI is InChI=1S/C12H12FNO6/c1-20-8-4-2-3-7(13)11(8)12(19)14(5-9(15)16)6-10(17)18/h2-4H,5-6H2,1H3,(H,15,16)(H,17,18). The van der Waals surface area contributed by atoms with Crippen LogP contribution >= 0.6 is 0 Å². The summed E-state index contributed by atoms with van der Waals surface area (Å²) in [7, 11) is 1.21. The first-order valence-corrected chi connectivity index (χ1v) is 5.42. The number of methoxy groups -OCH3 is 1. The molecule has 108 valence electrons. The monoisotopic (exact) mass is 285 g/mol. The number of amides is 1. The SMILES string of the molecule is COc1cccc(F)c1C(=O)N(CC(=O)O)CC(=O)O. The van der Waals surface area contributed by atoms with Crippen molar-refractivity contribution in [2.75, 3.05) is 20.2 Å². The van der Waals surface area contributed by atoms with Gasteiger partial charge in [0.1, 0.15) is 30.2 Å². The maximum atomic E-state index is 13.7. The van der Waals surface area contributed by atoms with Crippen LogP contribution in [0.4, 0.5) is 4.39 Å². The molecule has 0 fully saturated rings. The molecule has 0 atom stereocenters. The highest BCUT2D eigenvalue weighted by Gasteiger charge is 2.26. The van der Waals surface area contributed by atoms with E-state index < -0.39 is 42.3 Å². The number of hydrogen-bond acceptors (Lipinski definition) is 4. The number of hydrogen-bond donors (Lipinski definition) is 2. The number of carboxylic acids is 2. The molecule has 0 heterocycles. The van der Waals surface area contributed by atoms with E-state index in [0.717, 1.165) is 6.07 Å². The summed E-state index contributed by atoms with van der Waals surface area (Å²) in [5, 5.41) is 17.4. The molecule has 0 aliphatic heterocycles. The molecule has 1 aromatic rings. The first-order valence-electron chi connectivity index (χ1n) is 5.42. The Kier molecular flexibility index (Phi) is 5.01. The Labute approximate surface area is 113 Å². The molecule has 7 nitrogen and oxygen atoms in total. The Morgan fingerprint density at radius 2 is 1.75 bits per heavy atom. The van der Waals surface area contributed by atoms with Crippen LogP contribution in [0.2, 0.25) is 0 Å². The van der Waals surface area contributed by atoms with Crippen LogP contribution in [-0.4, -0.2) is 53.2 Å². The molecule has 1 rings (SSSR count). The van der Waals surface area contributed by atoms with E-state index in [4.69, 9.17) is 14.9 Å². The predicted octanol–water partition coefficient (Wildman–Crippen LogP) is 0.446. The fourth-order valence-corrected chi connectivity index (χ4v) is 1.57. The molecular formula is C12H12FNO6. The van der Waals surface area contributed by atoms with Gasteiger partial charge >= 0.3 is 11.9 Å². The average molecular weight is 285 g/mol. The lowest BCUT2D eigenvalue weighted by Crippen LogP contribution is -2.39. The lowest BCUT2D eigenvalue weighted by molar-refractivity contribution is -0.140. The summed E-state index contributed by atoms with van der Waals surface area (Å²) >= 11 is 0. The number of carboxylic acid groups (broad SMARTS) is 2. The highest BCUT2D eigenvalue weighted by molar-refractivity contribution is 5.99. The van der Waals surface area contributed by atoms with E-state index in [0.29, 0.717) is 4.90 Å². The first-order chi connectivity index (χ1) is 9.36. The van der Waals surface area contributed by atoms with Gasteiger partial charge in [-0.15, -0.1) is 0 Å². The van der Waals surface area contributed by atoms with Crippen molar-refractivity contribution in [1.82, 2.24) is 4.90 Å². The number of aliphatic carboxylic acids is 2. The summed E-state index contributed by atoms with van der Waals surface area (Å²) in [5.74, 6) is -4.90. The van der Waals surface area contributed by atoms with Gasteiger partial charge in [-0.05, 0) is 12.1 Å². The van der Waals surface area contributed by atoms with Crippen LogP contribution in [0.1, 0.15) is 10.4 Å². The van der Waals surface area contributed by atoms with Crippen molar-refractivity contribution < 1.29 is 33.7 Å². The number of rotatable bonds is 6. The summed E-state index contributed by atoms with van der Waals surface area (Å²) in [6, 6.07) is 3.62. The van der Waals surface area contributed by atoms with Gasteiger partial charge in [-0.1, -0.05) is 6.07 Å². The van der Waals surface area contributed by atoms with Crippen LogP contribution in [0, 0.1) is 5.82 Å². The highest BCUT2D eigenvalue weighted by Crippen LogP contribution is 2.22. The maximum Gasteiger partial charge on any atom is 0.323 e. The van der Waals surface area contributed by atoms with E-state index in [2.05, 4.69) is 0 Å². The van der Waals surface area contributed by atoms with Gasteiger partial charge in [0.05, 0.1) is 7.11 Å². The predicted molar refractivity (Wildman–Crippen MR) is 64.1 cm³/mol.